The lowest BCUT2D eigenvalue weighted by molar-refractivity contribution is -0.108. The second-order valence-electron chi connectivity index (χ2n) is 4.39. The van der Waals surface area contributed by atoms with E-state index in [4.69, 9.17) is 4.74 Å². The summed E-state index contributed by atoms with van der Waals surface area (Å²) in [6.07, 6.45) is 1.55. The van der Waals surface area contributed by atoms with Crippen molar-refractivity contribution in [3.63, 3.8) is 0 Å². The van der Waals surface area contributed by atoms with E-state index in [1.807, 2.05) is 0 Å². The third-order valence-corrected chi connectivity index (χ3v) is 3.84. The van der Waals surface area contributed by atoms with Crippen molar-refractivity contribution >= 4 is 16.4 Å². The van der Waals surface area contributed by atoms with Crippen molar-refractivity contribution < 1.29 is 39.7 Å². The molecular weight excluding hydrogens is 332 g/mol. The normalized spacial score (nSPS) is 18.0. The average Bonchev–Trinajstić information content (AvgIpc) is 2.37. The first-order valence-corrected chi connectivity index (χ1v) is 7.10. The molecule has 5 nitrogen and oxygen atoms in total. The summed E-state index contributed by atoms with van der Waals surface area (Å²) in [6.45, 7) is 1.50. The van der Waals surface area contributed by atoms with Gasteiger partial charge in [-0.25, -0.2) is 4.39 Å². The Kier molecular flexibility index (Phi) is 3.90. The zero-order chi connectivity index (χ0) is 16.7. The SMILES string of the molecule is CC1=COc2cc(OS(=O)(=O)C(F)(F)F)cc(F)c2C1C=O. The molecule has 0 saturated carbocycles. The fourth-order valence-corrected chi connectivity index (χ4v) is 2.27. The molecule has 0 bridgehead atoms. The van der Waals surface area contributed by atoms with Crippen LogP contribution in [0.15, 0.2) is 24.0 Å². The van der Waals surface area contributed by atoms with Gasteiger partial charge in [-0.15, -0.1) is 0 Å². The van der Waals surface area contributed by atoms with Gasteiger partial charge in [0, 0.05) is 17.7 Å². The van der Waals surface area contributed by atoms with Crippen LogP contribution in [0.4, 0.5) is 17.6 Å². The standard InChI is InChI=1S/C12H8F4O5S/c1-6-5-20-10-3-7(21-22(18,19)12(14,15)16)2-9(13)11(10)8(6)4-17/h2-5,8H,1H3. The van der Waals surface area contributed by atoms with Crippen LogP contribution < -0.4 is 8.92 Å². The van der Waals surface area contributed by atoms with Gasteiger partial charge in [-0.2, -0.15) is 21.6 Å². The number of fused-ring (bicyclic) bond motifs is 1. The predicted molar refractivity (Wildman–Crippen MR) is 65.2 cm³/mol. The summed E-state index contributed by atoms with van der Waals surface area (Å²) in [5.41, 5.74) is -5.47. The molecule has 0 aliphatic carbocycles. The summed E-state index contributed by atoms with van der Waals surface area (Å²) in [5.74, 6) is -3.30. The monoisotopic (exact) mass is 340 g/mol. The minimum atomic E-state index is -5.93. The molecule has 1 atom stereocenters. The molecule has 2 rings (SSSR count). The van der Waals surface area contributed by atoms with E-state index in [0.29, 0.717) is 17.9 Å². The number of hydrogen-bond acceptors (Lipinski definition) is 5. The van der Waals surface area contributed by atoms with Gasteiger partial charge >= 0.3 is 15.6 Å². The summed E-state index contributed by atoms with van der Waals surface area (Å²) in [4.78, 5) is 11.0. The Bertz CT molecular complexity index is 752. The summed E-state index contributed by atoms with van der Waals surface area (Å²) in [6, 6.07) is 1.21. The van der Waals surface area contributed by atoms with Crippen LogP contribution in [0, 0.1) is 5.82 Å². The molecule has 0 saturated heterocycles. The van der Waals surface area contributed by atoms with E-state index in [0.717, 1.165) is 12.3 Å². The van der Waals surface area contributed by atoms with Crippen LogP contribution in [0.2, 0.25) is 0 Å². The maximum atomic E-state index is 14.0. The average molecular weight is 340 g/mol. The van der Waals surface area contributed by atoms with E-state index in [1.165, 1.54) is 6.92 Å². The van der Waals surface area contributed by atoms with Crippen LogP contribution in [0.1, 0.15) is 18.4 Å². The number of ether oxygens (including phenoxy) is 1. The molecular formula is C12H8F4O5S. The molecule has 1 aliphatic rings. The van der Waals surface area contributed by atoms with Crippen LogP contribution >= 0.6 is 0 Å². The van der Waals surface area contributed by atoms with Crippen molar-refractivity contribution in [3.05, 3.63) is 35.3 Å². The number of rotatable bonds is 3. The van der Waals surface area contributed by atoms with Gasteiger partial charge in [0.2, 0.25) is 0 Å². The van der Waals surface area contributed by atoms with Gasteiger partial charge in [0.25, 0.3) is 0 Å². The Labute approximate surface area is 122 Å². The number of carbonyl (C=O) groups is 1. The first-order valence-electron chi connectivity index (χ1n) is 5.69. The maximum Gasteiger partial charge on any atom is 0.534 e. The van der Waals surface area contributed by atoms with Crippen molar-refractivity contribution in [2.45, 2.75) is 18.3 Å². The number of benzene rings is 1. The van der Waals surface area contributed by atoms with E-state index < -0.39 is 33.1 Å². The van der Waals surface area contributed by atoms with Crippen molar-refractivity contribution in [1.29, 1.82) is 0 Å². The highest BCUT2D eigenvalue weighted by Gasteiger charge is 2.48. The van der Waals surface area contributed by atoms with Gasteiger partial charge in [0.05, 0.1) is 12.2 Å². The molecule has 10 heteroatoms. The number of aldehydes is 1. The van der Waals surface area contributed by atoms with E-state index in [1.54, 1.807) is 0 Å². The van der Waals surface area contributed by atoms with Crippen LogP contribution in [0.5, 0.6) is 11.5 Å². The fourth-order valence-electron chi connectivity index (χ4n) is 1.82. The van der Waals surface area contributed by atoms with E-state index in [-0.39, 0.29) is 11.3 Å². The van der Waals surface area contributed by atoms with Crippen LogP contribution in [0.3, 0.4) is 0 Å². The Morgan fingerprint density at radius 1 is 1.32 bits per heavy atom. The highest BCUT2D eigenvalue weighted by atomic mass is 32.2. The van der Waals surface area contributed by atoms with Gasteiger partial charge in [0.1, 0.15) is 23.6 Å². The molecule has 0 aromatic heterocycles. The van der Waals surface area contributed by atoms with E-state index in [2.05, 4.69) is 4.18 Å². The van der Waals surface area contributed by atoms with Gasteiger partial charge in [0.15, 0.2) is 0 Å². The molecule has 0 fully saturated rings. The Morgan fingerprint density at radius 3 is 2.50 bits per heavy atom. The molecule has 0 radical (unpaired) electrons. The first kappa shape index (κ1) is 16.3. The fraction of sp³-hybridized carbons (Fsp3) is 0.250. The molecule has 120 valence electrons. The summed E-state index contributed by atoms with van der Waals surface area (Å²) in [5, 5.41) is 0. The molecule has 1 unspecified atom stereocenters. The summed E-state index contributed by atoms with van der Waals surface area (Å²) in [7, 11) is -5.93. The van der Waals surface area contributed by atoms with Crippen molar-refractivity contribution in [3.8, 4) is 11.5 Å². The summed E-state index contributed by atoms with van der Waals surface area (Å²) >= 11 is 0. The predicted octanol–water partition coefficient (Wildman–Crippen LogP) is 2.63. The third-order valence-electron chi connectivity index (χ3n) is 2.86. The summed E-state index contributed by atoms with van der Waals surface area (Å²) < 4.78 is 81.3. The topological polar surface area (TPSA) is 69.7 Å². The van der Waals surface area contributed by atoms with Gasteiger partial charge in [-0.3, -0.25) is 0 Å². The third kappa shape index (κ3) is 2.78. The van der Waals surface area contributed by atoms with Gasteiger partial charge in [-0.05, 0) is 12.5 Å². The van der Waals surface area contributed by atoms with Gasteiger partial charge in [-0.1, -0.05) is 0 Å². The second kappa shape index (κ2) is 5.27. The highest BCUT2D eigenvalue weighted by molar-refractivity contribution is 7.88. The Morgan fingerprint density at radius 2 is 1.95 bits per heavy atom. The minimum Gasteiger partial charge on any atom is -0.464 e. The minimum absolute atomic E-state index is 0.202. The molecule has 0 N–H and O–H groups in total. The smallest absolute Gasteiger partial charge is 0.464 e. The largest absolute Gasteiger partial charge is 0.534 e. The molecule has 1 aliphatic heterocycles. The molecule has 1 aromatic carbocycles. The lowest BCUT2D eigenvalue weighted by Crippen LogP contribution is -2.28. The van der Waals surface area contributed by atoms with Crippen molar-refractivity contribution in [2.75, 3.05) is 0 Å². The Balaban J connectivity index is 2.46. The zero-order valence-corrected chi connectivity index (χ0v) is 11.7. The lowest BCUT2D eigenvalue weighted by atomic mass is 9.91. The number of carbonyl (C=O) groups excluding carboxylic acids is 1. The van der Waals surface area contributed by atoms with Crippen molar-refractivity contribution in [2.24, 2.45) is 0 Å². The lowest BCUT2D eigenvalue weighted by Gasteiger charge is -2.22. The van der Waals surface area contributed by atoms with E-state index >= 15 is 0 Å². The van der Waals surface area contributed by atoms with Gasteiger partial charge < -0.3 is 13.7 Å². The van der Waals surface area contributed by atoms with Crippen molar-refractivity contribution in [1.82, 2.24) is 0 Å². The first-order chi connectivity index (χ1) is 10.1. The maximum absolute atomic E-state index is 14.0. The molecule has 22 heavy (non-hydrogen) atoms. The van der Waals surface area contributed by atoms with E-state index in [9.17, 15) is 30.8 Å². The molecule has 1 heterocycles. The quantitative estimate of drug-likeness (QED) is 0.366. The number of halogens is 4. The Hall–Kier alpha value is -2.10. The number of hydrogen-bond donors (Lipinski definition) is 0. The molecule has 0 amide bonds. The van der Waals surface area contributed by atoms with Crippen LogP contribution in [-0.2, 0) is 14.9 Å². The molecule has 1 aromatic rings. The number of allylic oxidation sites excluding steroid dienone is 1. The highest BCUT2D eigenvalue weighted by Crippen LogP contribution is 2.40. The van der Waals surface area contributed by atoms with Crippen LogP contribution in [0.25, 0.3) is 0 Å². The second-order valence-corrected chi connectivity index (χ2v) is 5.93. The van der Waals surface area contributed by atoms with Crippen LogP contribution in [-0.4, -0.2) is 20.2 Å². The molecule has 0 spiro atoms. The number of alkyl halides is 3. The zero-order valence-electron chi connectivity index (χ0n) is 10.8.